The molecule has 1 heterocycles. The lowest BCUT2D eigenvalue weighted by Crippen LogP contribution is -2.51. The Kier molecular flexibility index (Phi) is 3.92. The summed E-state index contributed by atoms with van der Waals surface area (Å²) in [4.78, 5) is 25.3. The Bertz CT molecular complexity index is 679. The van der Waals surface area contributed by atoms with Gasteiger partial charge in [0.25, 0.3) is 0 Å². The predicted molar refractivity (Wildman–Crippen MR) is 83.6 cm³/mol. The van der Waals surface area contributed by atoms with Crippen LogP contribution in [0.2, 0.25) is 0 Å². The number of hydrogen-bond acceptors (Lipinski definition) is 3. The van der Waals surface area contributed by atoms with Crippen molar-refractivity contribution in [2.75, 3.05) is 4.90 Å². The fourth-order valence-corrected chi connectivity index (χ4v) is 2.54. The number of carbonyl (C=O) groups is 2. The number of benzene rings is 2. The van der Waals surface area contributed by atoms with Crippen LogP contribution in [-0.2, 0) is 16.1 Å². The molecule has 0 aromatic heterocycles. The van der Waals surface area contributed by atoms with Gasteiger partial charge in [-0.25, -0.2) is 4.79 Å². The summed E-state index contributed by atoms with van der Waals surface area (Å²) in [7, 11) is 0. The summed E-state index contributed by atoms with van der Waals surface area (Å²) < 4.78 is 5.28. The van der Waals surface area contributed by atoms with Crippen LogP contribution in [0.1, 0.15) is 29.3 Å². The van der Waals surface area contributed by atoms with Gasteiger partial charge in [-0.05, 0) is 36.8 Å². The second-order valence-corrected chi connectivity index (χ2v) is 5.43. The second kappa shape index (κ2) is 6.02. The Labute approximate surface area is 129 Å². The maximum absolute atomic E-state index is 12.0. The topological polar surface area (TPSA) is 46.6 Å². The highest BCUT2D eigenvalue weighted by Gasteiger charge is 2.33. The first-order valence-corrected chi connectivity index (χ1v) is 7.28. The third kappa shape index (κ3) is 2.86. The van der Waals surface area contributed by atoms with Crippen molar-refractivity contribution in [1.82, 2.24) is 0 Å². The summed E-state index contributed by atoms with van der Waals surface area (Å²) in [6, 6.07) is 16.7. The lowest BCUT2D eigenvalue weighted by Gasteiger charge is -2.38. The third-order valence-corrected chi connectivity index (χ3v) is 3.77. The van der Waals surface area contributed by atoms with Crippen molar-refractivity contribution in [2.45, 2.75) is 26.0 Å². The molecule has 2 aromatic carbocycles. The molecular formula is C18H17NO3. The molecule has 112 valence electrons. The number of amides is 1. The number of rotatable bonds is 4. The summed E-state index contributed by atoms with van der Waals surface area (Å²) in [5, 5.41) is 0. The van der Waals surface area contributed by atoms with Gasteiger partial charge in [0.2, 0.25) is 5.91 Å². The van der Waals surface area contributed by atoms with Gasteiger partial charge in [-0.15, -0.1) is 0 Å². The van der Waals surface area contributed by atoms with Gasteiger partial charge in [0.05, 0.1) is 5.56 Å². The number of β-lactam (4-membered cyclic amide) rings is 1. The molecule has 4 nitrogen and oxygen atoms in total. The normalized spacial score (nSPS) is 17.0. The van der Waals surface area contributed by atoms with Crippen LogP contribution in [0, 0.1) is 0 Å². The van der Waals surface area contributed by atoms with E-state index in [0.29, 0.717) is 12.0 Å². The Morgan fingerprint density at radius 1 is 1.14 bits per heavy atom. The predicted octanol–water partition coefficient (Wildman–Crippen LogP) is 3.17. The molecule has 1 amide bonds. The summed E-state index contributed by atoms with van der Waals surface area (Å²) >= 11 is 0. The van der Waals surface area contributed by atoms with E-state index < -0.39 is 0 Å². The van der Waals surface area contributed by atoms with E-state index in [1.807, 2.05) is 37.3 Å². The molecule has 0 unspecified atom stereocenters. The van der Waals surface area contributed by atoms with E-state index in [-0.39, 0.29) is 24.5 Å². The molecule has 3 rings (SSSR count). The number of carbonyl (C=O) groups excluding carboxylic acids is 2. The molecule has 0 spiro atoms. The van der Waals surface area contributed by atoms with Crippen LogP contribution < -0.4 is 4.90 Å². The van der Waals surface area contributed by atoms with Crippen LogP contribution in [0.5, 0.6) is 0 Å². The summed E-state index contributed by atoms with van der Waals surface area (Å²) in [5.41, 5.74) is 2.26. The molecule has 0 saturated carbocycles. The zero-order chi connectivity index (χ0) is 15.5. The van der Waals surface area contributed by atoms with Gasteiger partial charge < -0.3 is 9.64 Å². The number of anilines is 1. The van der Waals surface area contributed by atoms with Gasteiger partial charge in [-0.2, -0.15) is 0 Å². The third-order valence-electron chi connectivity index (χ3n) is 3.77. The summed E-state index contributed by atoms with van der Waals surface area (Å²) in [6.45, 7) is 2.26. The Balaban J connectivity index is 1.62. The van der Waals surface area contributed by atoms with Crippen LogP contribution in [0.25, 0.3) is 0 Å². The molecule has 2 aromatic rings. The highest BCUT2D eigenvalue weighted by Crippen LogP contribution is 2.27. The van der Waals surface area contributed by atoms with Gasteiger partial charge >= 0.3 is 5.97 Å². The van der Waals surface area contributed by atoms with E-state index >= 15 is 0 Å². The molecule has 0 bridgehead atoms. The molecular weight excluding hydrogens is 278 g/mol. The van der Waals surface area contributed by atoms with Crippen LogP contribution in [0.15, 0.2) is 54.6 Å². The van der Waals surface area contributed by atoms with Crippen molar-refractivity contribution < 1.29 is 14.3 Å². The Morgan fingerprint density at radius 3 is 2.41 bits per heavy atom. The van der Waals surface area contributed by atoms with Crippen LogP contribution in [0.4, 0.5) is 5.69 Å². The maximum Gasteiger partial charge on any atom is 0.338 e. The minimum Gasteiger partial charge on any atom is -0.457 e. The van der Waals surface area contributed by atoms with E-state index in [2.05, 4.69) is 0 Å². The lowest BCUT2D eigenvalue weighted by molar-refractivity contribution is -0.123. The van der Waals surface area contributed by atoms with Crippen LogP contribution in [0.3, 0.4) is 0 Å². The number of esters is 1. The summed E-state index contributed by atoms with van der Waals surface area (Å²) in [6.07, 6.45) is 0.584. The van der Waals surface area contributed by atoms with E-state index in [9.17, 15) is 9.59 Å². The zero-order valence-corrected chi connectivity index (χ0v) is 12.4. The van der Waals surface area contributed by atoms with Crippen molar-refractivity contribution in [3.05, 3.63) is 65.7 Å². The molecule has 1 aliphatic rings. The fourth-order valence-electron chi connectivity index (χ4n) is 2.54. The highest BCUT2D eigenvalue weighted by molar-refractivity contribution is 6.01. The number of ether oxygens (including phenoxy) is 1. The Hall–Kier alpha value is -2.62. The second-order valence-electron chi connectivity index (χ2n) is 5.43. The van der Waals surface area contributed by atoms with Gasteiger partial charge in [-0.3, -0.25) is 4.79 Å². The first-order valence-electron chi connectivity index (χ1n) is 7.28. The molecule has 1 atom stereocenters. The average molecular weight is 295 g/mol. The van der Waals surface area contributed by atoms with E-state index in [4.69, 9.17) is 4.74 Å². The minimum absolute atomic E-state index is 0.118. The van der Waals surface area contributed by atoms with Crippen LogP contribution in [-0.4, -0.2) is 17.9 Å². The average Bonchev–Trinajstić information content (AvgIpc) is 2.54. The van der Waals surface area contributed by atoms with Crippen LogP contribution >= 0.6 is 0 Å². The zero-order valence-electron chi connectivity index (χ0n) is 12.4. The molecule has 0 N–H and O–H groups in total. The van der Waals surface area contributed by atoms with Gasteiger partial charge in [0.15, 0.2) is 0 Å². The Morgan fingerprint density at radius 2 is 1.82 bits per heavy atom. The van der Waals surface area contributed by atoms with Crippen molar-refractivity contribution in [3.8, 4) is 0 Å². The maximum atomic E-state index is 12.0. The number of hydrogen-bond donors (Lipinski definition) is 0. The molecule has 1 saturated heterocycles. The molecule has 22 heavy (non-hydrogen) atoms. The summed E-state index contributed by atoms with van der Waals surface area (Å²) in [5.74, 6) is -0.245. The number of nitrogens with zero attached hydrogens (tertiary/aromatic N) is 1. The van der Waals surface area contributed by atoms with E-state index in [1.54, 1.807) is 29.2 Å². The fraction of sp³-hybridized carbons (Fsp3) is 0.222. The largest absolute Gasteiger partial charge is 0.457 e. The monoisotopic (exact) mass is 295 g/mol. The minimum atomic E-state index is -0.363. The van der Waals surface area contributed by atoms with Crippen molar-refractivity contribution in [1.29, 1.82) is 0 Å². The molecule has 1 aliphatic heterocycles. The first kappa shape index (κ1) is 14.3. The molecule has 0 radical (unpaired) electrons. The van der Waals surface area contributed by atoms with Crippen molar-refractivity contribution in [3.63, 3.8) is 0 Å². The van der Waals surface area contributed by atoms with Gasteiger partial charge in [-0.1, -0.05) is 30.3 Å². The van der Waals surface area contributed by atoms with E-state index in [1.165, 1.54) is 0 Å². The van der Waals surface area contributed by atoms with E-state index in [0.717, 1.165) is 11.3 Å². The quantitative estimate of drug-likeness (QED) is 0.643. The SMILES string of the molecule is C[C@H]1CC(=O)N1c1ccc(C(=O)OCc2ccccc2)cc1. The van der Waals surface area contributed by atoms with Gasteiger partial charge in [0, 0.05) is 18.2 Å². The molecule has 4 heteroatoms. The van der Waals surface area contributed by atoms with Gasteiger partial charge in [0.1, 0.15) is 6.61 Å². The standard InChI is InChI=1S/C18H17NO3/c1-13-11-17(20)19(13)16-9-7-15(8-10-16)18(21)22-12-14-5-3-2-4-6-14/h2-10,13H,11-12H2,1H3/t13-/m0/s1. The van der Waals surface area contributed by atoms with Crippen molar-refractivity contribution >= 4 is 17.6 Å². The highest BCUT2D eigenvalue weighted by atomic mass is 16.5. The lowest BCUT2D eigenvalue weighted by atomic mass is 10.0. The molecule has 1 fully saturated rings. The smallest absolute Gasteiger partial charge is 0.338 e. The first-order chi connectivity index (χ1) is 10.6. The molecule has 0 aliphatic carbocycles. The van der Waals surface area contributed by atoms with Crippen molar-refractivity contribution in [2.24, 2.45) is 0 Å².